The minimum absolute atomic E-state index is 0.166. The van der Waals surface area contributed by atoms with Gasteiger partial charge in [-0.3, -0.25) is 14.8 Å². The Bertz CT molecular complexity index is 1760. The zero-order chi connectivity index (χ0) is 28.9. The molecule has 0 aliphatic heterocycles. The molecule has 1 saturated carbocycles. The Balaban J connectivity index is 1.26. The number of aliphatic carboxylic acids is 1. The predicted molar refractivity (Wildman–Crippen MR) is 157 cm³/mol. The van der Waals surface area contributed by atoms with Gasteiger partial charge in [0.05, 0.1) is 24.3 Å². The van der Waals surface area contributed by atoms with E-state index in [9.17, 15) is 14.7 Å². The third kappa shape index (κ3) is 4.85. The number of ether oxygens (including phenoxy) is 2. The normalized spacial score (nSPS) is 14.5. The quantitative estimate of drug-likeness (QED) is 0.193. The fraction of sp³-hybridized carbons (Fsp3) is 0.233. The van der Waals surface area contributed by atoms with E-state index in [1.807, 2.05) is 49.4 Å². The standard InChI is InChI=1S/C30H26FN3O5S2/c1-16(17-7-5-4-6-8-17)39-29(37)33-27-19(15-32-34(27)2)24-14-26-25(41-24)13-23(40-26)18-11-21(31)20(12-22(18)38-3)30(9-10-30)28(35)36/h4-8,11-16H,9-10H2,1-3H3,(H,33,37)(H,35,36)/t16-/m1/s1. The van der Waals surface area contributed by atoms with Crippen molar-refractivity contribution in [3.8, 4) is 26.6 Å². The monoisotopic (exact) mass is 591 g/mol. The van der Waals surface area contributed by atoms with Crippen molar-refractivity contribution in [2.45, 2.75) is 31.3 Å². The van der Waals surface area contributed by atoms with Gasteiger partial charge in [-0.2, -0.15) is 5.10 Å². The van der Waals surface area contributed by atoms with Gasteiger partial charge in [0.2, 0.25) is 0 Å². The summed E-state index contributed by atoms with van der Waals surface area (Å²) in [7, 11) is 3.24. The number of halogens is 1. The van der Waals surface area contributed by atoms with Crippen LogP contribution in [0.25, 0.3) is 30.3 Å². The van der Waals surface area contributed by atoms with E-state index in [4.69, 9.17) is 9.47 Å². The SMILES string of the molecule is COc1cc(C2(C(=O)O)CC2)c(F)cc1-c1cc2sc(-c3cnn(C)c3NC(=O)O[C@H](C)c3ccccc3)cc2s1. The molecule has 1 fully saturated rings. The number of carboxylic acids is 1. The Morgan fingerprint density at radius 2 is 1.73 bits per heavy atom. The van der Waals surface area contributed by atoms with Gasteiger partial charge in [0.15, 0.2) is 0 Å². The molecule has 0 unspecified atom stereocenters. The van der Waals surface area contributed by atoms with Crippen molar-refractivity contribution in [1.29, 1.82) is 0 Å². The van der Waals surface area contributed by atoms with Gasteiger partial charge < -0.3 is 14.6 Å². The largest absolute Gasteiger partial charge is 0.496 e. The van der Waals surface area contributed by atoms with Crippen molar-refractivity contribution >= 4 is 50.0 Å². The van der Waals surface area contributed by atoms with Crippen molar-refractivity contribution in [3.63, 3.8) is 0 Å². The minimum Gasteiger partial charge on any atom is -0.496 e. The summed E-state index contributed by atoms with van der Waals surface area (Å²) in [4.78, 5) is 26.2. The maximum atomic E-state index is 15.2. The lowest BCUT2D eigenvalue weighted by Crippen LogP contribution is -2.21. The number of benzene rings is 2. The minimum atomic E-state index is -1.16. The molecule has 1 aliphatic carbocycles. The second-order valence-electron chi connectivity index (χ2n) is 9.98. The number of fused-ring (bicyclic) bond motifs is 1. The Kier molecular flexibility index (Phi) is 6.79. The van der Waals surface area contributed by atoms with E-state index < -0.39 is 29.4 Å². The number of carbonyl (C=O) groups is 2. The van der Waals surface area contributed by atoms with Gasteiger partial charge >= 0.3 is 12.1 Å². The average Bonchev–Trinajstić information content (AvgIpc) is 3.36. The van der Waals surface area contributed by atoms with Gasteiger partial charge in [0.25, 0.3) is 0 Å². The second kappa shape index (κ2) is 10.3. The van der Waals surface area contributed by atoms with Crippen LogP contribution in [-0.4, -0.2) is 34.1 Å². The third-order valence-electron chi connectivity index (χ3n) is 7.41. The van der Waals surface area contributed by atoms with Gasteiger partial charge in [-0.1, -0.05) is 30.3 Å². The van der Waals surface area contributed by atoms with Crippen molar-refractivity contribution in [2.75, 3.05) is 12.4 Å². The molecule has 210 valence electrons. The maximum Gasteiger partial charge on any atom is 0.413 e. The van der Waals surface area contributed by atoms with Crippen LogP contribution in [0.15, 0.2) is 60.8 Å². The third-order valence-corrected chi connectivity index (χ3v) is 9.77. The van der Waals surface area contributed by atoms with Gasteiger partial charge in [0.1, 0.15) is 23.5 Å². The van der Waals surface area contributed by atoms with E-state index in [-0.39, 0.29) is 5.56 Å². The van der Waals surface area contributed by atoms with Crippen LogP contribution in [0.2, 0.25) is 0 Å². The molecule has 3 aromatic heterocycles. The molecule has 41 heavy (non-hydrogen) atoms. The molecular weight excluding hydrogens is 565 g/mol. The van der Waals surface area contributed by atoms with Crippen molar-refractivity contribution < 1.29 is 28.6 Å². The highest BCUT2D eigenvalue weighted by atomic mass is 32.1. The molecule has 2 aromatic carbocycles. The first-order valence-electron chi connectivity index (χ1n) is 12.9. The molecule has 0 bridgehead atoms. The van der Waals surface area contributed by atoms with Crippen LogP contribution >= 0.6 is 22.7 Å². The lowest BCUT2D eigenvalue weighted by Gasteiger charge is -2.15. The number of carbonyl (C=O) groups excluding carboxylic acids is 1. The van der Waals surface area contributed by atoms with Crippen LogP contribution in [0.4, 0.5) is 15.0 Å². The Morgan fingerprint density at radius 3 is 2.34 bits per heavy atom. The smallest absolute Gasteiger partial charge is 0.413 e. The zero-order valence-corrected chi connectivity index (χ0v) is 24.1. The van der Waals surface area contributed by atoms with E-state index in [0.29, 0.717) is 30.0 Å². The molecule has 8 nitrogen and oxygen atoms in total. The Hall–Kier alpha value is -4.22. The molecule has 0 spiro atoms. The van der Waals surface area contributed by atoms with E-state index in [1.54, 1.807) is 17.9 Å². The molecule has 0 saturated heterocycles. The highest BCUT2D eigenvalue weighted by Gasteiger charge is 2.53. The van der Waals surface area contributed by atoms with E-state index in [0.717, 1.165) is 30.3 Å². The summed E-state index contributed by atoms with van der Waals surface area (Å²) in [5.41, 5.74) is 1.22. The number of methoxy groups -OCH3 is 1. The maximum absolute atomic E-state index is 15.2. The highest BCUT2D eigenvalue weighted by molar-refractivity contribution is 7.31. The lowest BCUT2D eigenvalue weighted by atomic mass is 9.93. The van der Waals surface area contributed by atoms with Gasteiger partial charge in [-0.05, 0) is 49.6 Å². The highest BCUT2D eigenvalue weighted by Crippen LogP contribution is 2.52. The van der Waals surface area contributed by atoms with E-state index in [1.165, 1.54) is 41.9 Å². The number of hydrogen-bond acceptors (Lipinski definition) is 7. The Labute approximate surface area is 243 Å². The van der Waals surface area contributed by atoms with Crippen LogP contribution < -0.4 is 10.1 Å². The first kappa shape index (κ1) is 27.0. The predicted octanol–water partition coefficient (Wildman–Crippen LogP) is 7.60. The lowest BCUT2D eigenvalue weighted by molar-refractivity contribution is -0.140. The average molecular weight is 592 g/mol. The number of nitrogens with one attached hydrogen (secondary N) is 1. The first-order chi connectivity index (χ1) is 19.7. The number of aromatic nitrogens is 2. The van der Waals surface area contributed by atoms with Crippen LogP contribution in [-0.2, 0) is 22.0 Å². The summed E-state index contributed by atoms with van der Waals surface area (Å²) in [6.45, 7) is 1.81. The number of amides is 1. The summed E-state index contributed by atoms with van der Waals surface area (Å²) < 4.78 is 29.9. The van der Waals surface area contributed by atoms with Crippen molar-refractivity contribution in [1.82, 2.24) is 9.78 Å². The van der Waals surface area contributed by atoms with Crippen LogP contribution in [0.3, 0.4) is 0 Å². The Morgan fingerprint density at radius 1 is 1.07 bits per heavy atom. The molecule has 1 atom stereocenters. The molecule has 1 amide bonds. The number of aryl methyl sites for hydroxylation is 1. The molecule has 6 rings (SSSR count). The molecular formula is C30H26FN3O5S2. The summed E-state index contributed by atoms with van der Waals surface area (Å²) >= 11 is 3.00. The zero-order valence-electron chi connectivity index (χ0n) is 22.4. The summed E-state index contributed by atoms with van der Waals surface area (Å²) in [6, 6.07) is 16.4. The molecule has 0 radical (unpaired) electrons. The number of anilines is 1. The van der Waals surface area contributed by atoms with Crippen LogP contribution in [0.1, 0.15) is 37.0 Å². The van der Waals surface area contributed by atoms with Crippen LogP contribution in [0, 0.1) is 5.82 Å². The number of hydrogen-bond donors (Lipinski definition) is 2. The number of rotatable bonds is 8. The summed E-state index contributed by atoms with van der Waals surface area (Å²) in [5.74, 6) is -0.613. The topological polar surface area (TPSA) is 103 Å². The number of thiophene rings is 2. The van der Waals surface area contributed by atoms with E-state index in [2.05, 4.69) is 10.4 Å². The first-order valence-corrected chi connectivity index (χ1v) is 14.5. The van der Waals surface area contributed by atoms with Crippen molar-refractivity contribution in [2.24, 2.45) is 7.05 Å². The summed E-state index contributed by atoms with van der Waals surface area (Å²) in [6.07, 6.45) is 1.51. The molecule has 2 N–H and O–H groups in total. The van der Waals surface area contributed by atoms with Crippen molar-refractivity contribution in [3.05, 3.63) is 77.7 Å². The fourth-order valence-electron chi connectivity index (χ4n) is 4.95. The second-order valence-corrected chi connectivity index (χ2v) is 12.2. The van der Waals surface area contributed by atoms with Gasteiger partial charge in [0, 0.05) is 37.3 Å². The van der Waals surface area contributed by atoms with Gasteiger partial charge in [-0.25, -0.2) is 9.18 Å². The molecule has 1 aliphatic rings. The summed E-state index contributed by atoms with van der Waals surface area (Å²) in [5, 5.41) is 16.8. The van der Waals surface area contributed by atoms with Crippen LogP contribution in [0.5, 0.6) is 5.75 Å². The number of nitrogens with zero attached hydrogens (tertiary/aromatic N) is 2. The molecule has 11 heteroatoms. The van der Waals surface area contributed by atoms with E-state index >= 15 is 4.39 Å². The fourth-order valence-corrected chi connectivity index (χ4v) is 7.38. The number of carboxylic acid groups (broad SMARTS) is 1. The van der Waals surface area contributed by atoms with Gasteiger partial charge in [-0.15, -0.1) is 22.7 Å². The molecule has 3 heterocycles. The molecule has 5 aromatic rings.